The van der Waals surface area contributed by atoms with Crippen LogP contribution in [0.3, 0.4) is 0 Å². The maximum atomic E-state index is 11.7. The molecule has 0 radical (unpaired) electrons. The molecule has 1 saturated heterocycles. The highest BCUT2D eigenvalue weighted by Crippen LogP contribution is 2.30. The summed E-state index contributed by atoms with van der Waals surface area (Å²) in [6.07, 6.45) is 0. The van der Waals surface area contributed by atoms with Gasteiger partial charge < -0.3 is 0 Å². The Balaban J connectivity index is 2.13. The van der Waals surface area contributed by atoms with Crippen LogP contribution in [0, 0.1) is 0 Å². The average Bonchev–Trinajstić information content (AvgIpc) is 2.37. The van der Waals surface area contributed by atoms with Gasteiger partial charge in [0.05, 0.1) is 0 Å². The molecule has 1 amide bonds. The van der Waals surface area contributed by atoms with Gasteiger partial charge in [0.15, 0.2) is 0 Å². The summed E-state index contributed by atoms with van der Waals surface area (Å²) in [5, 5.41) is 0. The summed E-state index contributed by atoms with van der Waals surface area (Å²) in [4.78, 5) is 14.1. The first-order valence-electron chi connectivity index (χ1n) is 6.47. The van der Waals surface area contributed by atoms with Crippen molar-refractivity contribution in [2.75, 3.05) is 18.8 Å². The number of nitrogens with one attached hydrogen (secondary N) is 1. The molecule has 4 nitrogen and oxygen atoms in total. The van der Waals surface area contributed by atoms with Gasteiger partial charge in [0.2, 0.25) is 0 Å². The lowest BCUT2D eigenvalue weighted by molar-refractivity contribution is 0.0951. The normalized spacial score (nSPS) is 19.1. The van der Waals surface area contributed by atoms with Crippen LogP contribution in [0.2, 0.25) is 0 Å². The highest BCUT2D eigenvalue weighted by molar-refractivity contribution is 8.00. The van der Waals surface area contributed by atoms with Crippen molar-refractivity contribution in [2.45, 2.75) is 25.1 Å². The molecule has 5 heteroatoms. The molecule has 1 aromatic rings. The van der Waals surface area contributed by atoms with Crippen molar-refractivity contribution in [3.05, 3.63) is 35.4 Å². The van der Waals surface area contributed by atoms with Gasteiger partial charge in [0, 0.05) is 35.7 Å². The number of thioether (sulfide) groups is 1. The number of rotatable bonds is 3. The molecule has 1 aliphatic rings. The van der Waals surface area contributed by atoms with E-state index in [1.807, 2.05) is 36.0 Å². The van der Waals surface area contributed by atoms with Crippen LogP contribution in [0.5, 0.6) is 0 Å². The molecule has 0 saturated carbocycles. The zero-order valence-corrected chi connectivity index (χ0v) is 12.3. The molecular weight excluding hydrogens is 258 g/mol. The molecule has 0 bridgehead atoms. The third-order valence-corrected chi connectivity index (χ3v) is 4.59. The van der Waals surface area contributed by atoms with Crippen LogP contribution < -0.4 is 11.3 Å². The summed E-state index contributed by atoms with van der Waals surface area (Å²) < 4.78 is 0.281. The van der Waals surface area contributed by atoms with E-state index in [0.717, 1.165) is 31.0 Å². The van der Waals surface area contributed by atoms with Crippen LogP contribution in [-0.4, -0.2) is 34.4 Å². The Bertz CT molecular complexity index is 462. The zero-order valence-electron chi connectivity index (χ0n) is 11.5. The van der Waals surface area contributed by atoms with E-state index in [0.29, 0.717) is 5.56 Å². The first-order chi connectivity index (χ1) is 9.02. The number of hydrogen-bond donors (Lipinski definition) is 2. The maximum Gasteiger partial charge on any atom is 0.265 e. The fourth-order valence-electron chi connectivity index (χ4n) is 2.45. The molecular formula is C14H21N3OS. The van der Waals surface area contributed by atoms with Crippen molar-refractivity contribution in [3.63, 3.8) is 0 Å². The van der Waals surface area contributed by atoms with Crippen LogP contribution in [-0.2, 0) is 6.54 Å². The minimum atomic E-state index is -0.221. The Hall–Kier alpha value is -1.04. The van der Waals surface area contributed by atoms with Crippen molar-refractivity contribution in [1.29, 1.82) is 0 Å². The molecule has 0 aromatic heterocycles. The number of nitrogens with zero attached hydrogens (tertiary/aromatic N) is 1. The van der Waals surface area contributed by atoms with Gasteiger partial charge in [0.25, 0.3) is 5.91 Å². The number of carbonyl (C=O) groups is 1. The Labute approximate surface area is 118 Å². The van der Waals surface area contributed by atoms with Crippen LogP contribution in [0.15, 0.2) is 24.3 Å². The molecule has 0 aliphatic carbocycles. The van der Waals surface area contributed by atoms with Crippen molar-refractivity contribution < 1.29 is 4.79 Å². The molecule has 1 aliphatic heterocycles. The molecule has 0 spiro atoms. The Kier molecular flexibility index (Phi) is 4.50. The van der Waals surface area contributed by atoms with Gasteiger partial charge in [-0.3, -0.25) is 15.1 Å². The lowest BCUT2D eigenvalue weighted by Crippen LogP contribution is -2.43. The van der Waals surface area contributed by atoms with Gasteiger partial charge in [0.1, 0.15) is 0 Å². The minimum Gasteiger partial charge on any atom is -0.297 e. The second-order valence-corrected chi connectivity index (χ2v) is 7.25. The van der Waals surface area contributed by atoms with E-state index < -0.39 is 0 Å². The van der Waals surface area contributed by atoms with Crippen LogP contribution in [0.4, 0.5) is 0 Å². The van der Waals surface area contributed by atoms with Crippen molar-refractivity contribution in [3.8, 4) is 0 Å². The molecule has 1 fully saturated rings. The molecule has 1 aromatic carbocycles. The Morgan fingerprint density at radius 3 is 2.89 bits per heavy atom. The number of hydrogen-bond acceptors (Lipinski definition) is 4. The number of benzene rings is 1. The van der Waals surface area contributed by atoms with Gasteiger partial charge in [-0.25, -0.2) is 5.84 Å². The van der Waals surface area contributed by atoms with Gasteiger partial charge in [-0.05, 0) is 25.5 Å². The van der Waals surface area contributed by atoms with Crippen LogP contribution >= 0.6 is 11.8 Å². The van der Waals surface area contributed by atoms with Crippen molar-refractivity contribution in [1.82, 2.24) is 10.3 Å². The molecule has 0 atom stereocenters. The number of nitrogens with two attached hydrogens (primary N) is 1. The quantitative estimate of drug-likeness (QED) is 0.501. The number of amides is 1. The second-order valence-electron chi connectivity index (χ2n) is 5.45. The molecule has 19 heavy (non-hydrogen) atoms. The van der Waals surface area contributed by atoms with Gasteiger partial charge in [-0.1, -0.05) is 18.2 Å². The van der Waals surface area contributed by atoms with Crippen LogP contribution in [0.1, 0.15) is 29.8 Å². The summed E-state index contributed by atoms with van der Waals surface area (Å²) in [6, 6.07) is 7.65. The highest BCUT2D eigenvalue weighted by Gasteiger charge is 2.27. The summed E-state index contributed by atoms with van der Waals surface area (Å²) in [5.41, 5.74) is 3.92. The van der Waals surface area contributed by atoms with Gasteiger partial charge in [-0.2, -0.15) is 11.8 Å². The second kappa shape index (κ2) is 5.94. The van der Waals surface area contributed by atoms with E-state index in [1.165, 1.54) is 0 Å². The van der Waals surface area contributed by atoms with E-state index in [2.05, 4.69) is 24.2 Å². The van der Waals surface area contributed by atoms with E-state index in [1.54, 1.807) is 0 Å². The largest absolute Gasteiger partial charge is 0.297 e. The number of nitrogen functional groups attached to an aromatic ring is 1. The lowest BCUT2D eigenvalue weighted by atomic mass is 10.1. The third kappa shape index (κ3) is 3.72. The summed E-state index contributed by atoms with van der Waals surface area (Å²) >= 11 is 2.01. The number of hydrazine groups is 1. The monoisotopic (exact) mass is 279 g/mol. The Morgan fingerprint density at radius 2 is 2.21 bits per heavy atom. The predicted molar refractivity (Wildman–Crippen MR) is 79.9 cm³/mol. The average molecular weight is 279 g/mol. The molecule has 1 heterocycles. The first-order valence-corrected chi connectivity index (χ1v) is 7.45. The molecule has 2 rings (SSSR count). The number of carbonyl (C=O) groups excluding carboxylic acids is 1. The third-order valence-electron chi connectivity index (χ3n) is 3.29. The molecule has 104 valence electrons. The fourth-order valence-corrected chi connectivity index (χ4v) is 3.62. The zero-order chi connectivity index (χ0) is 13.9. The van der Waals surface area contributed by atoms with Crippen LogP contribution in [0.25, 0.3) is 0 Å². The lowest BCUT2D eigenvalue weighted by Gasteiger charge is -2.37. The predicted octanol–water partition coefficient (Wildman–Crippen LogP) is 1.62. The fraction of sp³-hybridized carbons (Fsp3) is 0.500. The topological polar surface area (TPSA) is 58.4 Å². The van der Waals surface area contributed by atoms with E-state index >= 15 is 0 Å². The smallest absolute Gasteiger partial charge is 0.265 e. The maximum absolute atomic E-state index is 11.7. The molecule has 0 unspecified atom stereocenters. The highest BCUT2D eigenvalue weighted by atomic mass is 32.2. The Morgan fingerprint density at radius 1 is 1.47 bits per heavy atom. The van der Waals surface area contributed by atoms with E-state index in [4.69, 9.17) is 5.84 Å². The molecule has 3 N–H and O–H groups in total. The van der Waals surface area contributed by atoms with E-state index in [9.17, 15) is 4.79 Å². The summed E-state index contributed by atoms with van der Waals surface area (Å²) in [6.45, 7) is 7.43. The first kappa shape index (κ1) is 14.4. The minimum absolute atomic E-state index is 0.221. The SMILES string of the molecule is CC1(C)CN(Cc2ccccc2C(=O)NN)CCS1. The van der Waals surface area contributed by atoms with Gasteiger partial charge >= 0.3 is 0 Å². The standard InChI is InChI=1S/C14H21N3OS/c1-14(2)10-17(7-8-19-14)9-11-5-3-4-6-12(11)13(18)16-15/h3-6H,7-10,15H2,1-2H3,(H,16,18). The van der Waals surface area contributed by atoms with Crippen molar-refractivity contribution in [2.24, 2.45) is 5.84 Å². The van der Waals surface area contributed by atoms with Gasteiger partial charge in [-0.15, -0.1) is 0 Å². The van der Waals surface area contributed by atoms with Crippen molar-refractivity contribution >= 4 is 17.7 Å². The summed E-state index contributed by atoms with van der Waals surface area (Å²) in [5.74, 6) is 6.15. The van der Waals surface area contributed by atoms with E-state index in [-0.39, 0.29) is 10.7 Å². The summed E-state index contributed by atoms with van der Waals surface area (Å²) in [7, 11) is 0.